The number of nitrogens with one attached hydrogen (secondary N) is 1. The number of aromatic nitrogens is 1. The first-order valence-corrected chi connectivity index (χ1v) is 8.29. The maximum atomic E-state index is 12.2. The van der Waals surface area contributed by atoms with E-state index in [9.17, 15) is 9.59 Å². The average Bonchev–Trinajstić information content (AvgIpc) is 3.12. The Morgan fingerprint density at radius 2 is 2.00 bits per heavy atom. The first-order chi connectivity index (χ1) is 11.7. The molecule has 0 radical (unpaired) electrons. The summed E-state index contributed by atoms with van der Waals surface area (Å²) in [6.07, 6.45) is 6.62. The fourth-order valence-electron chi connectivity index (χ4n) is 3.01. The number of hydrogen-bond donors (Lipinski definition) is 1. The molecular formula is C17H19N3O4. The predicted octanol–water partition coefficient (Wildman–Crippen LogP) is 2.18. The van der Waals surface area contributed by atoms with Crippen molar-refractivity contribution >= 4 is 11.8 Å². The third-order valence-corrected chi connectivity index (χ3v) is 4.63. The molecule has 2 aromatic heterocycles. The molecule has 1 saturated heterocycles. The topological polar surface area (TPSA) is 88.6 Å². The molecule has 1 aliphatic carbocycles. The van der Waals surface area contributed by atoms with Crippen LogP contribution in [0.4, 0.5) is 0 Å². The molecule has 0 bridgehead atoms. The fraction of sp³-hybridized carbons (Fsp3) is 0.471. The van der Waals surface area contributed by atoms with E-state index in [0.29, 0.717) is 30.3 Å². The lowest BCUT2D eigenvalue weighted by Crippen LogP contribution is -2.46. The van der Waals surface area contributed by atoms with Crippen molar-refractivity contribution in [2.45, 2.75) is 37.6 Å². The van der Waals surface area contributed by atoms with Crippen molar-refractivity contribution in [2.24, 2.45) is 0 Å². The Hall–Kier alpha value is -2.57. The highest BCUT2D eigenvalue weighted by molar-refractivity contribution is 5.94. The normalized spacial score (nSPS) is 18.6. The highest BCUT2D eigenvalue weighted by atomic mass is 16.5. The molecule has 0 spiro atoms. The van der Waals surface area contributed by atoms with Gasteiger partial charge in [-0.05, 0) is 31.7 Å². The van der Waals surface area contributed by atoms with Gasteiger partial charge in [-0.15, -0.1) is 0 Å². The third kappa shape index (κ3) is 3.06. The van der Waals surface area contributed by atoms with Gasteiger partial charge in [0, 0.05) is 31.1 Å². The first-order valence-electron chi connectivity index (χ1n) is 8.29. The zero-order valence-electron chi connectivity index (χ0n) is 13.2. The Morgan fingerprint density at radius 1 is 1.21 bits per heavy atom. The van der Waals surface area contributed by atoms with Crippen LogP contribution in [-0.4, -0.2) is 41.0 Å². The summed E-state index contributed by atoms with van der Waals surface area (Å²) < 4.78 is 10.2. The second-order valence-corrected chi connectivity index (χ2v) is 6.44. The zero-order valence-corrected chi connectivity index (χ0v) is 13.2. The van der Waals surface area contributed by atoms with E-state index in [1.165, 1.54) is 12.5 Å². The fourth-order valence-corrected chi connectivity index (χ4v) is 3.01. The number of amides is 2. The van der Waals surface area contributed by atoms with Gasteiger partial charge >= 0.3 is 0 Å². The van der Waals surface area contributed by atoms with Crippen molar-refractivity contribution in [1.82, 2.24) is 15.4 Å². The van der Waals surface area contributed by atoms with Crippen molar-refractivity contribution in [3.05, 3.63) is 41.7 Å². The molecule has 2 aromatic rings. The molecule has 24 heavy (non-hydrogen) atoms. The van der Waals surface area contributed by atoms with Gasteiger partial charge in [0.15, 0.2) is 5.69 Å². The Labute approximate surface area is 139 Å². The molecule has 7 nitrogen and oxygen atoms in total. The molecule has 2 fully saturated rings. The van der Waals surface area contributed by atoms with E-state index in [1.807, 2.05) is 0 Å². The van der Waals surface area contributed by atoms with Gasteiger partial charge in [-0.25, -0.2) is 0 Å². The minimum atomic E-state index is -0.203. The van der Waals surface area contributed by atoms with E-state index in [4.69, 9.17) is 8.94 Å². The maximum absolute atomic E-state index is 12.2. The summed E-state index contributed by atoms with van der Waals surface area (Å²) in [5, 5.41) is 6.84. The van der Waals surface area contributed by atoms with E-state index >= 15 is 0 Å². The van der Waals surface area contributed by atoms with Crippen LogP contribution in [0.5, 0.6) is 0 Å². The van der Waals surface area contributed by atoms with Crippen molar-refractivity contribution < 1.29 is 18.5 Å². The van der Waals surface area contributed by atoms with E-state index in [0.717, 1.165) is 31.4 Å². The maximum Gasteiger partial charge on any atom is 0.273 e. The van der Waals surface area contributed by atoms with Gasteiger partial charge in [0.05, 0.1) is 11.8 Å². The minimum absolute atomic E-state index is 0.0286. The standard InChI is InChI=1S/C17H19N3O4/c21-16(14-9-15(24-19-14)11-1-2-11)18-13-3-6-20(7-4-13)17(22)12-5-8-23-10-12/h5,8-11,13H,1-4,6-7H2,(H,18,21). The molecule has 4 rings (SSSR count). The molecule has 0 unspecified atom stereocenters. The van der Waals surface area contributed by atoms with E-state index in [2.05, 4.69) is 10.5 Å². The Kier molecular flexibility index (Phi) is 3.84. The molecule has 2 amide bonds. The second kappa shape index (κ2) is 6.14. The number of rotatable bonds is 4. The lowest BCUT2D eigenvalue weighted by atomic mass is 10.0. The van der Waals surface area contributed by atoms with Crippen LogP contribution in [0.3, 0.4) is 0 Å². The van der Waals surface area contributed by atoms with Gasteiger partial charge in [-0.2, -0.15) is 0 Å². The molecule has 1 aliphatic heterocycles. The van der Waals surface area contributed by atoms with Crippen molar-refractivity contribution in [1.29, 1.82) is 0 Å². The highest BCUT2D eigenvalue weighted by Gasteiger charge is 2.30. The minimum Gasteiger partial charge on any atom is -0.472 e. The number of furan rings is 1. The molecule has 3 heterocycles. The van der Waals surface area contributed by atoms with Crippen LogP contribution in [0.25, 0.3) is 0 Å². The summed E-state index contributed by atoms with van der Waals surface area (Å²) in [5.74, 6) is 1.02. The lowest BCUT2D eigenvalue weighted by Gasteiger charge is -2.32. The van der Waals surface area contributed by atoms with Crippen LogP contribution in [-0.2, 0) is 0 Å². The molecule has 2 aliphatic rings. The molecule has 0 aromatic carbocycles. The number of piperidine rings is 1. The highest BCUT2D eigenvalue weighted by Crippen LogP contribution is 2.40. The quantitative estimate of drug-likeness (QED) is 0.929. The van der Waals surface area contributed by atoms with Gasteiger partial charge in [0.2, 0.25) is 0 Å². The largest absolute Gasteiger partial charge is 0.472 e. The number of nitrogens with zero attached hydrogens (tertiary/aromatic N) is 2. The van der Waals surface area contributed by atoms with E-state index < -0.39 is 0 Å². The van der Waals surface area contributed by atoms with Crippen LogP contribution >= 0.6 is 0 Å². The van der Waals surface area contributed by atoms with Gasteiger partial charge in [-0.3, -0.25) is 9.59 Å². The van der Waals surface area contributed by atoms with Gasteiger partial charge < -0.3 is 19.2 Å². The molecule has 0 atom stereocenters. The number of carbonyl (C=O) groups is 2. The van der Waals surface area contributed by atoms with Crippen molar-refractivity contribution in [2.75, 3.05) is 13.1 Å². The van der Waals surface area contributed by atoms with Crippen LogP contribution in [0.15, 0.2) is 33.6 Å². The lowest BCUT2D eigenvalue weighted by molar-refractivity contribution is 0.0697. The average molecular weight is 329 g/mol. The van der Waals surface area contributed by atoms with Gasteiger partial charge in [-0.1, -0.05) is 5.16 Å². The van der Waals surface area contributed by atoms with E-state index in [-0.39, 0.29) is 17.9 Å². The summed E-state index contributed by atoms with van der Waals surface area (Å²) in [5.41, 5.74) is 0.904. The van der Waals surface area contributed by atoms with Crippen LogP contribution < -0.4 is 5.32 Å². The second-order valence-electron chi connectivity index (χ2n) is 6.44. The molecular weight excluding hydrogens is 310 g/mol. The predicted molar refractivity (Wildman–Crippen MR) is 83.6 cm³/mol. The van der Waals surface area contributed by atoms with Gasteiger partial charge in [0.1, 0.15) is 12.0 Å². The summed E-state index contributed by atoms with van der Waals surface area (Å²) in [6.45, 7) is 1.22. The SMILES string of the molecule is O=C(NC1CCN(C(=O)c2ccoc2)CC1)c1cc(C2CC2)on1. The van der Waals surface area contributed by atoms with Crippen molar-refractivity contribution in [3.8, 4) is 0 Å². The number of hydrogen-bond acceptors (Lipinski definition) is 5. The Balaban J connectivity index is 1.29. The molecule has 1 saturated carbocycles. The molecule has 1 N–H and O–H groups in total. The smallest absolute Gasteiger partial charge is 0.273 e. The van der Waals surface area contributed by atoms with Crippen LogP contribution in [0, 0.1) is 0 Å². The molecule has 7 heteroatoms. The van der Waals surface area contributed by atoms with Crippen LogP contribution in [0.1, 0.15) is 58.2 Å². The van der Waals surface area contributed by atoms with E-state index in [1.54, 1.807) is 17.0 Å². The summed E-state index contributed by atoms with van der Waals surface area (Å²) in [7, 11) is 0. The van der Waals surface area contributed by atoms with Crippen molar-refractivity contribution in [3.63, 3.8) is 0 Å². The third-order valence-electron chi connectivity index (χ3n) is 4.63. The molecule has 126 valence electrons. The van der Waals surface area contributed by atoms with Crippen LogP contribution in [0.2, 0.25) is 0 Å². The van der Waals surface area contributed by atoms with Gasteiger partial charge in [0.25, 0.3) is 11.8 Å². The monoisotopic (exact) mass is 329 g/mol. The summed E-state index contributed by atoms with van der Waals surface area (Å²) >= 11 is 0. The summed E-state index contributed by atoms with van der Waals surface area (Å²) in [6, 6.07) is 3.45. The number of carbonyl (C=O) groups excluding carboxylic acids is 2. The first kappa shape index (κ1) is 15.0. The zero-order chi connectivity index (χ0) is 16.5. The Morgan fingerprint density at radius 3 is 2.67 bits per heavy atom. The number of likely N-dealkylation sites (tertiary alicyclic amines) is 1. The Bertz CT molecular complexity index is 725. The summed E-state index contributed by atoms with van der Waals surface area (Å²) in [4.78, 5) is 26.3.